The van der Waals surface area contributed by atoms with Crippen LogP contribution in [0.25, 0.3) is 0 Å². The molecule has 0 bridgehead atoms. The number of esters is 1. The number of carbonyl (C=O) groups is 2. The SMILES string of the molecule is CCCCCN(C(=O)c1cc(Cl)c(Cl)n1C)c1nc(C)c(C(=O)OCC)s1. The Hall–Kier alpha value is -1.57. The van der Waals surface area contributed by atoms with Crippen LogP contribution < -0.4 is 4.90 Å². The van der Waals surface area contributed by atoms with Crippen molar-refractivity contribution in [3.05, 3.63) is 32.5 Å². The number of hydrogen-bond donors (Lipinski definition) is 0. The van der Waals surface area contributed by atoms with Gasteiger partial charge >= 0.3 is 5.97 Å². The smallest absolute Gasteiger partial charge is 0.350 e. The average Bonchev–Trinajstić information content (AvgIpc) is 3.13. The fourth-order valence-electron chi connectivity index (χ4n) is 2.57. The van der Waals surface area contributed by atoms with Crippen LogP contribution in [0.4, 0.5) is 5.13 Å². The Bertz CT molecular complexity index is 832. The average molecular weight is 432 g/mol. The van der Waals surface area contributed by atoms with Gasteiger partial charge in [0.2, 0.25) is 0 Å². The molecule has 0 saturated carbocycles. The number of ether oxygens (including phenoxy) is 1. The lowest BCUT2D eigenvalue weighted by Crippen LogP contribution is -2.33. The number of unbranched alkanes of at least 4 members (excludes halogenated alkanes) is 2. The Balaban J connectivity index is 2.39. The lowest BCUT2D eigenvalue weighted by molar-refractivity contribution is 0.0531. The topological polar surface area (TPSA) is 64.4 Å². The number of aryl methyl sites for hydroxylation is 1. The zero-order valence-electron chi connectivity index (χ0n) is 15.8. The van der Waals surface area contributed by atoms with Crippen molar-refractivity contribution in [1.82, 2.24) is 9.55 Å². The maximum atomic E-state index is 13.2. The lowest BCUT2D eigenvalue weighted by Gasteiger charge is -2.20. The van der Waals surface area contributed by atoms with Crippen molar-refractivity contribution >= 4 is 51.5 Å². The summed E-state index contributed by atoms with van der Waals surface area (Å²) >= 11 is 13.3. The van der Waals surface area contributed by atoms with Crippen molar-refractivity contribution in [3.8, 4) is 0 Å². The highest BCUT2D eigenvalue weighted by atomic mass is 35.5. The second-order valence-corrected chi connectivity index (χ2v) is 7.77. The molecule has 2 aromatic rings. The molecule has 0 spiro atoms. The van der Waals surface area contributed by atoms with Crippen molar-refractivity contribution in [2.45, 2.75) is 40.0 Å². The summed E-state index contributed by atoms with van der Waals surface area (Å²) in [7, 11) is 1.68. The summed E-state index contributed by atoms with van der Waals surface area (Å²) in [6.07, 6.45) is 2.82. The number of thiazole rings is 1. The summed E-state index contributed by atoms with van der Waals surface area (Å²) < 4.78 is 6.62. The molecule has 148 valence electrons. The van der Waals surface area contributed by atoms with Gasteiger partial charge in [0.05, 0.1) is 17.3 Å². The highest BCUT2D eigenvalue weighted by molar-refractivity contribution is 7.17. The Morgan fingerprint density at radius 3 is 2.56 bits per heavy atom. The molecule has 27 heavy (non-hydrogen) atoms. The van der Waals surface area contributed by atoms with Crippen LogP contribution in [0.15, 0.2) is 6.07 Å². The Morgan fingerprint density at radius 1 is 1.30 bits per heavy atom. The van der Waals surface area contributed by atoms with Gasteiger partial charge in [0.15, 0.2) is 5.13 Å². The monoisotopic (exact) mass is 431 g/mol. The van der Waals surface area contributed by atoms with E-state index in [0.717, 1.165) is 30.6 Å². The van der Waals surface area contributed by atoms with Crippen LogP contribution in [0.5, 0.6) is 0 Å². The molecule has 0 saturated heterocycles. The Kier molecular flexibility index (Phi) is 7.70. The van der Waals surface area contributed by atoms with Gasteiger partial charge in [-0.1, -0.05) is 54.3 Å². The molecule has 2 aromatic heterocycles. The summed E-state index contributed by atoms with van der Waals surface area (Å²) in [5, 5.41) is 1.08. The first kappa shape index (κ1) is 21.7. The lowest BCUT2D eigenvalue weighted by atomic mass is 10.2. The minimum Gasteiger partial charge on any atom is -0.462 e. The second-order valence-electron chi connectivity index (χ2n) is 6.02. The number of amides is 1. The molecule has 0 aliphatic heterocycles. The van der Waals surface area contributed by atoms with Gasteiger partial charge in [0.1, 0.15) is 15.7 Å². The number of halogens is 2. The van der Waals surface area contributed by atoms with Crippen molar-refractivity contribution in [2.75, 3.05) is 18.1 Å². The molecule has 0 N–H and O–H groups in total. The first-order valence-electron chi connectivity index (χ1n) is 8.78. The Labute approximate surface area is 173 Å². The van der Waals surface area contributed by atoms with E-state index in [0.29, 0.717) is 38.1 Å². The zero-order chi connectivity index (χ0) is 20.1. The number of rotatable bonds is 8. The van der Waals surface area contributed by atoms with Crippen LogP contribution >= 0.6 is 34.5 Å². The molecule has 2 heterocycles. The van der Waals surface area contributed by atoms with Gasteiger partial charge in [-0.15, -0.1) is 0 Å². The minimum atomic E-state index is -0.426. The van der Waals surface area contributed by atoms with E-state index >= 15 is 0 Å². The summed E-state index contributed by atoms with van der Waals surface area (Å²) in [5.41, 5.74) is 0.914. The van der Waals surface area contributed by atoms with E-state index in [-0.39, 0.29) is 12.5 Å². The van der Waals surface area contributed by atoms with Crippen LogP contribution in [0.3, 0.4) is 0 Å². The summed E-state index contributed by atoms with van der Waals surface area (Å²) in [4.78, 5) is 31.7. The number of nitrogens with zero attached hydrogens (tertiary/aromatic N) is 3. The minimum absolute atomic E-state index is 0.258. The number of carbonyl (C=O) groups excluding carboxylic acids is 2. The maximum Gasteiger partial charge on any atom is 0.350 e. The molecule has 1 amide bonds. The molecule has 0 atom stereocenters. The molecule has 9 heteroatoms. The summed E-state index contributed by atoms with van der Waals surface area (Å²) in [6, 6.07) is 1.55. The molecule has 0 unspecified atom stereocenters. The predicted molar refractivity (Wildman–Crippen MR) is 109 cm³/mol. The van der Waals surface area contributed by atoms with Gasteiger partial charge < -0.3 is 9.30 Å². The van der Waals surface area contributed by atoms with Crippen molar-refractivity contribution in [1.29, 1.82) is 0 Å². The predicted octanol–water partition coefficient (Wildman–Crippen LogP) is 5.11. The van der Waals surface area contributed by atoms with E-state index in [1.807, 2.05) is 0 Å². The van der Waals surface area contributed by atoms with Crippen molar-refractivity contribution in [3.63, 3.8) is 0 Å². The van der Waals surface area contributed by atoms with E-state index in [4.69, 9.17) is 27.9 Å². The molecule has 0 fully saturated rings. The third-order valence-corrected chi connectivity index (χ3v) is 6.05. The second kappa shape index (κ2) is 9.57. The van der Waals surface area contributed by atoms with Crippen LogP contribution in [0.2, 0.25) is 10.2 Å². The first-order chi connectivity index (χ1) is 12.8. The number of aromatic nitrogens is 2. The molecule has 0 aromatic carbocycles. The molecule has 0 aliphatic rings. The highest BCUT2D eigenvalue weighted by Crippen LogP contribution is 2.31. The van der Waals surface area contributed by atoms with Crippen molar-refractivity contribution in [2.24, 2.45) is 7.05 Å². The van der Waals surface area contributed by atoms with Crippen LogP contribution in [-0.2, 0) is 11.8 Å². The molecule has 2 rings (SSSR count). The molecular formula is C18H23Cl2N3O3S. The van der Waals surface area contributed by atoms with Gasteiger partial charge in [0, 0.05) is 13.6 Å². The molecule has 0 aliphatic carbocycles. The third-order valence-electron chi connectivity index (χ3n) is 4.04. The van der Waals surface area contributed by atoms with Gasteiger partial charge in [0.25, 0.3) is 5.91 Å². The maximum absolute atomic E-state index is 13.2. The fourth-order valence-corrected chi connectivity index (χ4v) is 3.93. The quantitative estimate of drug-likeness (QED) is 0.430. The van der Waals surface area contributed by atoms with Gasteiger partial charge in [-0.2, -0.15) is 0 Å². The molecular weight excluding hydrogens is 409 g/mol. The van der Waals surface area contributed by atoms with E-state index in [1.165, 1.54) is 0 Å². The zero-order valence-corrected chi connectivity index (χ0v) is 18.2. The molecule has 6 nitrogen and oxygen atoms in total. The van der Waals surface area contributed by atoms with E-state index < -0.39 is 5.97 Å². The largest absolute Gasteiger partial charge is 0.462 e. The normalized spacial score (nSPS) is 10.9. The fraction of sp³-hybridized carbons (Fsp3) is 0.500. The number of hydrogen-bond acceptors (Lipinski definition) is 5. The van der Waals surface area contributed by atoms with E-state index in [2.05, 4.69) is 11.9 Å². The number of anilines is 1. The van der Waals surface area contributed by atoms with Gasteiger partial charge in [-0.05, 0) is 26.3 Å². The van der Waals surface area contributed by atoms with E-state index in [9.17, 15) is 9.59 Å². The van der Waals surface area contributed by atoms with E-state index in [1.54, 1.807) is 36.4 Å². The van der Waals surface area contributed by atoms with Gasteiger partial charge in [-0.25, -0.2) is 9.78 Å². The summed E-state index contributed by atoms with van der Waals surface area (Å²) in [5.74, 6) is -0.684. The van der Waals surface area contributed by atoms with Crippen LogP contribution in [-0.4, -0.2) is 34.6 Å². The van der Waals surface area contributed by atoms with Crippen LogP contribution in [0.1, 0.15) is 59.0 Å². The highest BCUT2D eigenvalue weighted by Gasteiger charge is 2.27. The van der Waals surface area contributed by atoms with Gasteiger partial charge in [-0.3, -0.25) is 9.69 Å². The Morgan fingerprint density at radius 2 is 2.00 bits per heavy atom. The standard InChI is InChI=1S/C18H23Cl2N3O3S/c1-5-7-8-9-23(16(24)13-10-12(19)15(20)22(13)4)18-21-11(3)14(27-18)17(25)26-6-2/h10H,5-9H2,1-4H3. The summed E-state index contributed by atoms with van der Waals surface area (Å²) in [6.45, 7) is 6.35. The first-order valence-corrected chi connectivity index (χ1v) is 10.4. The molecule has 0 radical (unpaired) electrons. The van der Waals surface area contributed by atoms with Crippen LogP contribution in [0, 0.1) is 6.92 Å². The third kappa shape index (κ3) is 4.83. The van der Waals surface area contributed by atoms with Crippen molar-refractivity contribution < 1.29 is 14.3 Å².